The van der Waals surface area contributed by atoms with Crippen LogP contribution in [0.25, 0.3) is 0 Å². The fourth-order valence-corrected chi connectivity index (χ4v) is 5.28. The lowest BCUT2D eigenvalue weighted by Gasteiger charge is -2.48. The van der Waals surface area contributed by atoms with Crippen LogP contribution in [-0.2, 0) is 33.3 Å². The van der Waals surface area contributed by atoms with Gasteiger partial charge < -0.3 is 75.2 Å². The van der Waals surface area contributed by atoms with Crippen molar-refractivity contribution in [1.82, 2.24) is 16.0 Å². The molecule has 4 fully saturated rings. The first-order chi connectivity index (χ1) is 18.9. The third-order valence-electron chi connectivity index (χ3n) is 7.37. The Morgan fingerprint density at radius 2 is 1.32 bits per heavy atom. The Balaban J connectivity index is 1.55. The van der Waals surface area contributed by atoms with Gasteiger partial charge in [-0.25, -0.2) is 0 Å². The van der Waals surface area contributed by atoms with E-state index in [1.165, 1.54) is 6.92 Å². The van der Waals surface area contributed by atoms with E-state index in [0.29, 0.717) is 0 Å². The van der Waals surface area contributed by atoms with Crippen LogP contribution in [-0.4, -0.2) is 164 Å². The molecule has 0 bridgehead atoms. The molecule has 0 spiro atoms. The zero-order chi connectivity index (χ0) is 29.5. The van der Waals surface area contributed by atoms with Crippen LogP contribution in [0, 0.1) is 0 Å². The van der Waals surface area contributed by atoms with E-state index in [4.69, 9.17) is 23.7 Å². The second-order valence-corrected chi connectivity index (χ2v) is 10.2. The number of hydrogen-bond acceptors (Lipinski definition) is 16. The van der Waals surface area contributed by atoms with Gasteiger partial charge in [0.1, 0.15) is 73.3 Å². The number of nitrogens with one attached hydrogen (secondary N) is 3. The van der Waals surface area contributed by atoms with Crippen LogP contribution in [0.3, 0.4) is 0 Å². The number of rotatable bonds is 9. The summed E-state index contributed by atoms with van der Waals surface area (Å²) in [5, 5.41) is 89.8. The highest BCUT2D eigenvalue weighted by molar-refractivity contribution is 5.74. The maximum absolute atomic E-state index is 12.0. The number of amides is 2. The lowest BCUT2D eigenvalue weighted by molar-refractivity contribution is -0.356. The van der Waals surface area contributed by atoms with Crippen molar-refractivity contribution < 1.29 is 74.1 Å². The van der Waals surface area contributed by atoms with Crippen molar-refractivity contribution in [3.63, 3.8) is 0 Å². The highest BCUT2D eigenvalue weighted by Gasteiger charge is 2.69. The highest BCUT2D eigenvalue weighted by Crippen LogP contribution is 2.40. The Kier molecular flexibility index (Phi) is 9.64. The Hall–Kier alpha value is -1.62. The Bertz CT molecular complexity index is 915. The average molecular weight is 584 g/mol. The SMILES string of the molecule is CC(=O)N[C@H]1[C@H](O[C@@H]2[C@@H](CO)O[C@@H]3N[C@@]3(NC(C)=O)[C@H]2O)O[C@H](CO)[C@@H](O[C@@H]2O[C@H](CO)[C@@H](O)[C@H](O)[C@@H]2O)[C@@H]1O. The smallest absolute Gasteiger partial charge is 0.218 e. The van der Waals surface area contributed by atoms with Crippen molar-refractivity contribution in [1.29, 1.82) is 0 Å². The molecule has 0 saturated carbocycles. The van der Waals surface area contributed by atoms with Gasteiger partial charge in [-0.2, -0.15) is 0 Å². The van der Waals surface area contributed by atoms with E-state index in [2.05, 4.69) is 16.0 Å². The number of fused-ring (bicyclic) bond motifs is 1. The van der Waals surface area contributed by atoms with Gasteiger partial charge in [0.2, 0.25) is 11.8 Å². The Morgan fingerprint density at radius 1 is 0.750 bits per heavy atom. The summed E-state index contributed by atoms with van der Waals surface area (Å²) >= 11 is 0. The van der Waals surface area contributed by atoms with Crippen LogP contribution in [0.5, 0.6) is 0 Å². The number of carbonyl (C=O) groups is 2. The third kappa shape index (κ3) is 5.83. The first-order valence-electron chi connectivity index (χ1n) is 12.7. The van der Waals surface area contributed by atoms with Gasteiger partial charge in [-0.15, -0.1) is 0 Å². The molecule has 0 aromatic heterocycles. The summed E-state index contributed by atoms with van der Waals surface area (Å²) in [5.74, 6) is -1.14. The molecule has 4 aliphatic rings. The predicted molar refractivity (Wildman–Crippen MR) is 124 cm³/mol. The molecule has 4 heterocycles. The number of ether oxygens (including phenoxy) is 5. The molecule has 0 radical (unpaired) electrons. The molecule has 18 heteroatoms. The molecule has 4 aliphatic heterocycles. The Morgan fingerprint density at radius 3 is 1.90 bits per heavy atom. The van der Waals surface area contributed by atoms with Crippen LogP contribution >= 0.6 is 0 Å². The van der Waals surface area contributed by atoms with E-state index in [0.717, 1.165) is 6.92 Å². The molecule has 18 nitrogen and oxygen atoms in total. The highest BCUT2D eigenvalue weighted by atomic mass is 16.7. The number of aliphatic hydroxyl groups excluding tert-OH is 8. The summed E-state index contributed by atoms with van der Waals surface area (Å²) < 4.78 is 28.3. The van der Waals surface area contributed by atoms with Gasteiger partial charge in [0.15, 0.2) is 18.2 Å². The summed E-state index contributed by atoms with van der Waals surface area (Å²) in [6.45, 7) is 0.201. The minimum atomic E-state index is -1.83. The van der Waals surface area contributed by atoms with Gasteiger partial charge in [0, 0.05) is 13.8 Å². The van der Waals surface area contributed by atoms with E-state index in [1.807, 2.05) is 0 Å². The zero-order valence-electron chi connectivity index (χ0n) is 21.6. The lowest BCUT2D eigenvalue weighted by atomic mass is 9.94. The summed E-state index contributed by atoms with van der Waals surface area (Å²) in [4.78, 5) is 23.7. The molecule has 40 heavy (non-hydrogen) atoms. The summed E-state index contributed by atoms with van der Waals surface area (Å²) in [6.07, 6.45) is -19.4. The molecule has 0 unspecified atom stereocenters. The van der Waals surface area contributed by atoms with Crippen LogP contribution in [0.4, 0.5) is 0 Å². The fraction of sp³-hybridized carbons (Fsp3) is 0.909. The summed E-state index contributed by atoms with van der Waals surface area (Å²) in [6, 6.07) is -1.43. The van der Waals surface area contributed by atoms with Crippen molar-refractivity contribution in [3.8, 4) is 0 Å². The molecular formula is C22H37N3O15. The first-order valence-corrected chi connectivity index (χ1v) is 12.7. The predicted octanol–water partition coefficient (Wildman–Crippen LogP) is -7.35. The zero-order valence-corrected chi connectivity index (χ0v) is 21.6. The van der Waals surface area contributed by atoms with Gasteiger partial charge in [0.25, 0.3) is 0 Å². The van der Waals surface area contributed by atoms with E-state index >= 15 is 0 Å². The maximum Gasteiger partial charge on any atom is 0.218 e. The second kappa shape index (κ2) is 12.3. The summed E-state index contributed by atoms with van der Waals surface area (Å²) in [5.41, 5.74) is -1.43. The van der Waals surface area contributed by atoms with Gasteiger partial charge in [0.05, 0.1) is 19.8 Å². The monoisotopic (exact) mass is 583 g/mol. The molecule has 15 atom stereocenters. The minimum Gasteiger partial charge on any atom is -0.394 e. The number of hydrogen-bond donors (Lipinski definition) is 11. The molecule has 0 aromatic carbocycles. The molecule has 2 amide bonds. The first kappa shape index (κ1) is 31.3. The number of aliphatic hydroxyl groups is 8. The van der Waals surface area contributed by atoms with E-state index < -0.39 is 123 Å². The quantitative estimate of drug-likeness (QED) is 0.112. The Labute approximate surface area is 227 Å². The molecule has 4 saturated heterocycles. The minimum absolute atomic E-state index is 0.493. The van der Waals surface area contributed by atoms with Crippen molar-refractivity contribution in [3.05, 3.63) is 0 Å². The van der Waals surface area contributed by atoms with Gasteiger partial charge in [-0.1, -0.05) is 0 Å². The van der Waals surface area contributed by atoms with E-state index in [-0.39, 0.29) is 0 Å². The molecule has 4 rings (SSSR count). The molecule has 230 valence electrons. The maximum atomic E-state index is 12.0. The van der Waals surface area contributed by atoms with Crippen LogP contribution < -0.4 is 16.0 Å². The summed E-state index contributed by atoms with van der Waals surface area (Å²) in [7, 11) is 0. The van der Waals surface area contributed by atoms with E-state index in [1.54, 1.807) is 0 Å². The standard InChI is InChI=1S/C22H37N3O15/c1-6(29)23-11-13(32)16(39-20-15(34)14(33)12(31)8(3-26)36-20)9(4-27)37-19(11)40-17-10(5-28)38-21-22(25-21,18(17)35)24-7(2)30/h8-21,25-28,31-35H,3-5H2,1-2H3,(H,23,29)(H,24,30)/t8-,9-,10-,11-,12-,13-,14+,15+,16-,17-,18+,19+,20+,21+,22+/m1/s1. The number of carbonyl (C=O) groups excluding carboxylic acids is 2. The van der Waals surface area contributed by atoms with E-state index in [9.17, 15) is 50.4 Å². The molecule has 0 aliphatic carbocycles. The van der Waals surface area contributed by atoms with Crippen molar-refractivity contribution >= 4 is 11.8 Å². The third-order valence-corrected chi connectivity index (χ3v) is 7.37. The lowest BCUT2D eigenvalue weighted by Crippen LogP contribution is -2.69. The normalized spacial score (nSPS) is 48.6. The van der Waals surface area contributed by atoms with Crippen LogP contribution in [0.2, 0.25) is 0 Å². The van der Waals surface area contributed by atoms with Crippen molar-refractivity contribution in [2.24, 2.45) is 0 Å². The average Bonchev–Trinajstić information content (AvgIpc) is 3.61. The topological polar surface area (TPSA) is 288 Å². The fourth-order valence-electron chi connectivity index (χ4n) is 5.28. The van der Waals surface area contributed by atoms with Crippen molar-refractivity contribution in [2.75, 3.05) is 19.8 Å². The largest absolute Gasteiger partial charge is 0.394 e. The molecule has 11 N–H and O–H groups in total. The molecule has 0 aromatic rings. The van der Waals surface area contributed by atoms with Crippen molar-refractivity contribution in [2.45, 2.75) is 105 Å². The van der Waals surface area contributed by atoms with Gasteiger partial charge in [-0.05, 0) is 0 Å². The van der Waals surface area contributed by atoms with Gasteiger partial charge in [-0.3, -0.25) is 14.9 Å². The van der Waals surface area contributed by atoms with Crippen LogP contribution in [0.1, 0.15) is 13.8 Å². The van der Waals surface area contributed by atoms with Crippen LogP contribution in [0.15, 0.2) is 0 Å². The van der Waals surface area contributed by atoms with Gasteiger partial charge >= 0.3 is 0 Å². The second-order valence-electron chi connectivity index (χ2n) is 10.2. The molecular weight excluding hydrogens is 546 g/mol.